The monoisotopic (exact) mass is 878 g/mol. The lowest BCUT2D eigenvalue weighted by Gasteiger charge is -2.20. The Hall–Kier alpha value is -2.25. The van der Waals surface area contributed by atoms with E-state index in [9.17, 15) is 33.5 Å². The quantitative estimate of drug-likeness (QED) is 0.0113. The van der Waals surface area contributed by atoms with Gasteiger partial charge >= 0.3 is 27.6 Å². The molecule has 0 aromatic heterocycles. The van der Waals surface area contributed by atoms with E-state index in [1.807, 2.05) is 6.08 Å². The molecule has 4 atom stereocenters. The molecule has 0 heterocycles. The van der Waals surface area contributed by atoms with Crippen molar-refractivity contribution in [1.82, 2.24) is 0 Å². The molecule has 0 radical (unpaired) electrons. The van der Waals surface area contributed by atoms with Crippen molar-refractivity contribution in [3.05, 3.63) is 48.6 Å². The fourth-order valence-electron chi connectivity index (χ4n) is 5.51. The second kappa shape index (κ2) is 37.5. The zero-order valence-corrected chi connectivity index (χ0v) is 37.8. The van der Waals surface area contributed by atoms with E-state index >= 15 is 0 Å². The molecule has 342 valence electrons. The van der Waals surface area contributed by atoms with Gasteiger partial charge in [0.2, 0.25) is 0 Å². The number of phosphoric ester groups is 2. The summed E-state index contributed by atoms with van der Waals surface area (Å²) >= 11 is 0. The van der Waals surface area contributed by atoms with Crippen LogP contribution in [0.4, 0.5) is 0 Å². The number of unbranched alkanes of at least 4 members (excludes halogenated alkanes) is 12. The van der Waals surface area contributed by atoms with Crippen LogP contribution in [-0.4, -0.2) is 76.1 Å². The molecule has 4 N–H and O–H groups in total. The van der Waals surface area contributed by atoms with Gasteiger partial charge in [-0.15, -0.1) is 0 Å². The Morgan fingerprint density at radius 2 is 1.19 bits per heavy atom. The van der Waals surface area contributed by atoms with Crippen LogP contribution in [0, 0.1) is 5.92 Å². The number of aliphatic hydroxyl groups excluding tert-OH is 1. The Balaban J connectivity index is 4.72. The third kappa shape index (κ3) is 40.9. The summed E-state index contributed by atoms with van der Waals surface area (Å²) in [5.41, 5.74) is 0. The van der Waals surface area contributed by atoms with Gasteiger partial charge < -0.3 is 29.3 Å². The van der Waals surface area contributed by atoms with E-state index in [1.54, 1.807) is 12.2 Å². The number of carbonyl (C=O) groups is 3. The summed E-state index contributed by atoms with van der Waals surface area (Å²) in [5, 5.41) is 9.73. The van der Waals surface area contributed by atoms with Crippen molar-refractivity contribution in [2.45, 2.75) is 174 Å². The molecular formula is C43H76O14P2. The number of aliphatic hydroxyl groups is 1. The van der Waals surface area contributed by atoms with Crippen molar-refractivity contribution in [2.24, 2.45) is 5.92 Å². The van der Waals surface area contributed by atoms with Crippen LogP contribution in [0.1, 0.15) is 162 Å². The highest BCUT2D eigenvalue weighted by molar-refractivity contribution is 7.47. The topological polar surface area (TPSA) is 212 Å². The van der Waals surface area contributed by atoms with E-state index in [0.29, 0.717) is 6.42 Å². The van der Waals surface area contributed by atoms with E-state index in [1.165, 1.54) is 70.3 Å². The second-order valence-corrected chi connectivity index (χ2v) is 17.6. The summed E-state index contributed by atoms with van der Waals surface area (Å²) in [6.45, 7) is 3.77. The van der Waals surface area contributed by atoms with E-state index < -0.39 is 66.2 Å². The lowest BCUT2D eigenvalue weighted by atomic mass is 9.99. The lowest BCUT2D eigenvalue weighted by molar-refractivity contribution is -0.161. The fraction of sp³-hybridized carbons (Fsp3) is 0.744. The number of phosphoric acid groups is 2. The third-order valence-corrected chi connectivity index (χ3v) is 10.7. The van der Waals surface area contributed by atoms with Crippen molar-refractivity contribution in [3.63, 3.8) is 0 Å². The van der Waals surface area contributed by atoms with E-state index in [2.05, 4.69) is 54.1 Å². The van der Waals surface area contributed by atoms with Crippen LogP contribution in [0.15, 0.2) is 48.6 Å². The van der Waals surface area contributed by atoms with Gasteiger partial charge in [0.05, 0.1) is 19.8 Å². The zero-order valence-electron chi connectivity index (χ0n) is 36.0. The normalized spacial score (nSPS) is 15.0. The van der Waals surface area contributed by atoms with Gasteiger partial charge in [-0.1, -0.05) is 147 Å². The Bertz CT molecular complexity index is 1310. The molecule has 0 saturated carbocycles. The predicted octanol–water partition coefficient (Wildman–Crippen LogP) is 10.1. The van der Waals surface area contributed by atoms with Gasteiger partial charge in [0.25, 0.3) is 0 Å². The summed E-state index contributed by atoms with van der Waals surface area (Å²) < 4.78 is 47.5. The first kappa shape index (κ1) is 56.8. The van der Waals surface area contributed by atoms with Gasteiger partial charge in [-0.3, -0.25) is 28.0 Å². The molecule has 0 bridgehead atoms. The summed E-state index contributed by atoms with van der Waals surface area (Å²) in [4.78, 5) is 64.8. The van der Waals surface area contributed by atoms with Gasteiger partial charge in [-0.25, -0.2) is 9.13 Å². The van der Waals surface area contributed by atoms with Crippen molar-refractivity contribution in [1.29, 1.82) is 0 Å². The Kier molecular flexibility index (Phi) is 36.1. The SMILES string of the molecule is CCCCC/C=C\C/C=C\C/C=C\C=C\C(=O)CCCC(=O)OC[C@H](COP(=O)(O)OC[C@@H](O)COP(=O)(O)O)OC(=O)CCCCCCCCCCCCC(C)CC. The summed E-state index contributed by atoms with van der Waals surface area (Å²) in [7, 11) is -9.75. The number of esters is 2. The molecular weight excluding hydrogens is 802 g/mol. The Labute approximate surface area is 354 Å². The van der Waals surface area contributed by atoms with Gasteiger partial charge in [0.15, 0.2) is 11.9 Å². The molecule has 59 heavy (non-hydrogen) atoms. The van der Waals surface area contributed by atoms with Crippen LogP contribution in [0.3, 0.4) is 0 Å². The molecule has 0 rings (SSSR count). The first-order valence-corrected chi connectivity index (χ1v) is 24.7. The van der Waals surface area contributed by atoms with Gasteiger partial charge in [0, 0.05) is 19.3 Å². The number of ketones is 1. The van der Waals surface area contributed by atoms with Crippen molar-refractivity contribution >= 4 is 33.4 Å². The van der Waals surface area contributed by atoms with Gasteiger partial charge in [-0.2, -0.15) is 0 Å². The molecule has 0 saturated heterocycles. The summed E-state index contributed by atoms with van der Waals surface area (Å²) in [5.74, 6) is -0.641. The number of allylic oxidation sites excluding steroid dienone is 8. The van der Waals surface area contributed by atoms with Crippen LogP contribution < -0.4 is 0 Å². The maximum absolute atomic E-state index is 12.6. The molecule has 0 aliphatic heterocycles. The number of hydrogen-bond acceptors (Lipinski definition) is 11. The van der Waals surface area contributed by atoms with E-state index in [-0.39, 0.29) is 31.5 Å². The molecule has 0 spiro atoms. The minimum absolute atomic E-state index is 0.0814. The smallest absolute Gasteiger partial charge is 0.462 e. The summed E-state index contributed by atoms with van der Waals surface area (Å²) in [6.07, 6.45) is 32.6. The molecule has 2 unspecified atom stereocenters. The Morgan fingerprint density at radius 1 is 0.610 bits per heavy atom. The molecule has 0 fully saturated rings. The molecule has 0 aromatic carbocycles. The predicted molar refractivity (Wildman–Crippen MR) is 230 cm³/mol. The van der Waals surface area contributed by atoms with Crippen LogP contribution in [0.2, 0.25) is 0 Å². The number of ether oxygens (including phenoxy) is 2. The van der Waals surface area contributed by atoms with Crippen LogP contribution >= 0.6 is 15.6 Å². The highest BCUT2D eigenvalue weighted by Gasteiger charge is 2.28. The lowest BCUT2D eigenvalue weighted by Crippen LogP contribution is -2.30. The average Bonchev–Trinajstić information content (AvgIpc) is 3.19. The maximum Gasteiger partial charge on any atom is 0.472 e. The largest absolute Gasteiger partial charge is 0.472 e. The fourth-order valence-corrected chi connectivity index (χ4v) is 6.67. The van der Waals surface area contributed by atoms with Gasteiger partial charge in [-0.05, 0) is 50.5 Å². The number of hydrogen-bond donors (Lipinski definition) is 4. The van der Waals surface area contributed by atoms with Gasteiger partial charge in [0.1, 0.15) is 12.7 Å². The molecule has 16 heteroatoms. The van der Waals surface area contributed by atoms with Crippen molar-refractivity contribution in [2.75, 3.05) is 26.4 Å². The number of rotatable bonds is 40. The minimum Gasteiger partial charge on any atom is -0.462 e. The molecule has 0 aromatic rings. The average molecular weight is 879 g/mol. The standard InChI is InChI=1S/C43H76O14P2/c1-4-6-7-8-9-10-11-12-13-17-20-23-26-30-39(44)31-28-33-42(46)53-36-41(37-56-59(51,52)55-35-40(45)34-54-58(48,49)50)57-43(47)32-27-24-21-18-15-14-16-19-22-25-29-38(3)5-2/h9-10,12-13,20,23,26,30,38,40-41,45H,4-8,11,14-19,21-22,24-25,27-29,31-37H2,1-3H3,(H,51,52)(H2,48,49,50)/b10-9-,13-12-,23-20-,30-26+/t38?,40-,41+/m0/s1. The first-order valence-electron chi connectivity index (χ1n) is 21.7. The molecule has 0 amide bonds. The Morgan fingerprint density at radius 3 is 1.83 bits per heavy atom. The number of carbonyl (C=O) groups excluding carboxylic acids is 3. The van der Waals surface area contributed by atoms with Crippen LogP contribution in [0.25, 0.3) is 0 Å². The van der Waals surface area contributed by atoms with Crippen LogP contribution in [0.5, 0.6) is 0 Å². The molecule has 14 nitrogen and oxygen atoms in total. The minimum atomic E-state index is -4.89. The highest BCUT2D eigenvalue weighted by Crippen LogP contribution is 2.43. The summed E-state index contributed by atoms with van der Waals surface area (Å²) in [6, 6.07) is 0. The first-order chi connectivity index (χ1) is 28.2. The van der Waals surface area contributed by atoms with E-state index in [0.717, 1.165) is 50.9 Å². The van der Waals surface area contributed by atoms with Crippen molar-refractivity contribution in [3.8, 4) is 0 Å². The molecule has 0 aliphatic rings. The maximum atomic E-state index is 12.6. The molecule has 0 aliphatic carbocycles. The van der Waals surface area contributed by atoms with Crippen LogP contribution in [-0.2, 0) is 46.6 Å². The van der Waals surface area contributed by atoms with E-state index in [4.69, 9.17) is 23.8 Å². The highest BCUT2D eigenvalue weighted by atomic mass is 31.2. The zero-order chi connectivity index (χ0) is 44.0. The third-order valence-electron chi connectivity index (χ3n) is 9.23. The second-order valence-electron chi connectivity index (χ2n) is 14.9. The van der Waals surface area contributed by atoms with Crippen molar-refractivity contribution < 1.29 is 66.3 Å².